The maximum absolute atomic E-state index is 11.3. The van der Waals surface area contributed by atoms with Crippen molar-refractivity contribution in [2.45, 2.75) is 6.92 Å². The lowest BCUT2D eigenvalue weighted by molar-refractivity contribution is -0.118. The fraction of sp³-hybridized carbons (Fsp3) is 0.300. The van der Waals surface area contributed by atoms with Gasteiger partial charge in [0.15, 0.2) is 0 Å². The van der Waals surface area contributed by atoms with Crippen molar-refractivity contribution in [1.82, 2.24) is 5.01 Å². The third-order valence-electron chi connectivity index (χ3n) is 1.70. The number of hydrogen-bond donors (Lipinski definition) is 0. The van der Waals surface area contributed by atoms with E-state index in [9.17, 15) is 4.79 Å². The van der Waals surface area contributed by atoms with Crippen LogP contribution in [0.4, 0.5) is 5.69 Å². The fourth-order valence-electron chi connectivity index (χ4n) is 1.26. The Bertz CT molecular complexity index is 282. The van der Waals surface area contributed by atoms with E-state index in [1.807, 2.05) is 44.4 Å². The van der Waals surface area contributed by atoms with Gasteiger partial charge in [-0.15, -0.1) is 0 Å². The molecule has 0 radical (unpaired) electrons. The van der Waals surface area contributed by atoms with Gasteiger partial charge in [0.25, 0.3) is 0 Å². The standard InChI is InChI=1S/C10H14N2O/c1-9(13)12(11(2)3)10-7-5-4-6-8-10/h4-8H,1-3H3. The predicted octanol–water partition coefficient (Wildman–Crippen LogP) is 1.52. The summed E-state index contributed by atoms with van der Waals surface area (Å²) in [5.41, 5.74) is 0.889. The number of amides is 1. The first-order chi connectivity index (χ1) is 6.13. The second-order valence-electron chi connectivity index (χ2n) is 3.01. The van der Waals surface area contributed by atoms with Crippen molar-refractivity contribution in [3.63, 3.8) is 0 Å². The average Bonchev–Trinajstić information content (AvgIpc) is 2.04. The highest BCUT2D eigenvalue weighted by Crippen LogP contribution is 2.13. The molecule has 0 saturated heterocycles. The third-order valence-corrected chi connectivity index (χ3v) is 1.70. The van der Waals surface area contributed by atoms with Gasteiger partial charge in [0, 0.05) is 21.0 Å². The van der Waals surface area contributed by atoms with Crippen LogP contribution in [0.3, 0.4) is 0 Å². The minimum Gasteiger partial charge on any atom is -0.273 e. The van der Waals surface area contributed by atoms with Crippen LogP contribution < -0.4 is 5.01 Å². The highest BCUT2D eigenvalue weighted by Gasteiger charge is 2.12. The molecule has 1 aromatic rings. The van der Waals surface area contributed by atoms with Crippen molar-refractivity contribution in [2.24, 2.45) is 0 Å². The molecule has 0 spiro atoms. The van der Waals surface area contributed by atoms with Gasteiger partial charge in [0.2, 0.25) is 5.91 Å². The molecule has 0 unspecified atom stereocenters. The molecular formula is C10H14N2O. The van der Waals surface area contributed by atoms with E-state index in [-0.39, 0.29) is 5.91 Å². The Labute approximate surface area is 78.5 Å². The molecule has 0 aromatic heterocycles. The number of anilines is 1. The summed E-state index contributed by atoms with van der Waals surface area (Å²) in [5.74, 6) is 0.0104. The Morgan fingerprint density at radius 1 is 1.15 bits per heavy atom. The van der Waals surface area contributed by atoms with E-state index in [0.29, 0.717) is 0 Å². The van der Waals surface area contributed by atoms with E-state index < -0.39 is 0 Å². The Morgan fingerprint density at radius 3 is 2.08 bits per heavy atom. The van der Waals surface area contributed by atoms with Crippen molar-refractivity contribution >= 4 is 11.6 Å². The van der Waals surface area contributed by atoms with E-state index in [0.717, 1.165) is 5.69 Å². The summed E-state index contributed by atoms with van der Waals surface area (Å²) in [7, 11) is 3.68. The van der Waals surface area contributed by atoms with Crippen molar-refractivity contribution in [3.8, 4) is 0 Å². The largest absolute Gasteiger partial charge is 0.273 e. The lowest BCUT2D eigenvalue weighted by Gasteiger charge is -2.27. The van der Waals surface area contributed by atoms with Crippen LogP contribution in [0.2, 0.25) is 0 Å². The van der Waals surface area contributed by atoms with E-state index in [1.54, 1.807) is 16.9 Å². The molecule has 3 nitrogen and oxygen atoms in total. The number of carbonyl (C=O) groups is 1. The van der Waals surface area contributed by atoms with Gasteiger partial charge in [0.1, 0.15) is 0 Å². The highest BCUT2D eigenvalue weighted by atomic mass is 16.2. The number of rotatable bonds is 2. The summed E-state index contributed by atoms with van der Waals surface area (Å²) in [6, 6.07) is 9.56. The van der Waals surface area contributed by atoms with Gasteiger partial charge in [-0.1, -0.05) is 18.2 Å². The highest BCUT2D eigenvalue weighted by molar-refractivity contribution is 5.90. The first-order valence-electron chi connectivity index (χ1n) is 4.16. The third kappa shape index (κ3) is 2.29. The Balaban J connectivity index is 2.96. The number of hydrogen-bond acceptors (Lipinski definition) is 2. The molecule has 13 heavy (non-hydrogen) atoms. The number of nitrogens with zero attached hydrogens (tertiary/aromatic N) is 2. The molecule has 0 fully saturated rings. The lowest BCUT2D eigenvalue weighted by Crippen LogP contribution is -2.40. The molecule has 0 aliphatic carbocycles. The maximum Gasteiger partial charge on any atom is 0.238 e. The van der Waals surface area contributed by atoms with Gasteiger partial charge in [0.05, 0.1) is 5.69 Å². The fourth-order valence-corrected chi connectivity index (χ4v) is 1.26. The van der Waals surface area contributed by atoms with E-state index in [1.165, 1.54) is 0 Å². The smallest absolute Gasteiger partial charge is 0.238 e. The summed E-state index contributed by atoms with van der Waals surface area (Å²) >= 11 is 0. The Morgan fingerprint density at radius 2 is 1.69 bits per heavy atom. The molecule has 0 saturated carbocycles. The van der Waals surface area contributed by atoms with Crippen LogP contribution in [0.1, 0.15) is 6.92 Å². The molecule has 1 aromatic carbocycles. The molecule has 70 valence electrons. The van der Waals surface area contributed by atoms with Crippen molar-refractivity contribution in [1.29, 1.82) is 0 Å². The van der Waals surface area contributed by atoms with E-state index in [2.05, 4.69) is 0 Å². The average molecular weight is 178 g/mol. The van der Waals surface area contributed by atoms with Crippen molar-refractivity contribution in [2.75, 3.05) is 19.1 Å². The van der Waals surface area contributed by atoms with Crippen LogP contribution in [0.25, 0.3) is 0 Å². The zero-order valence-corrected chi connectivity index (χ0v) is 8.19. The van der Waals surface area contributed by atoms with E-state index in [4.69, 9.17) is 0 Å². The van der Waals surface area contributed by atoms with Gasteiger partial charge in [-0.25, -0.2) is 10.0 Å². The zero-order valence-electron chi connectivity index (χ0n) is 8.19. The molecule has 0 aliphatic heterocycles. The number of benzene rings is 1. The van der Waals surface area contributed by atoms with Crippen LogP contribution in [0, 0.1) is 0 Å². The topological polar surface area (TPSA) is 23.6 Å². The summed E-state index contributed by atoms with van der Waals surface area (Å²) in [4.78, 5) is 11.3. The van der Waals surface area contributed by atoms with Crippen LogP contribution in [-0.2, 0) is 4.79 Å². The van der Waals surface area contributed by atoms with Gasteiger partial charge >= 0.3 is 0 Å². The molecule has 3 heteroatoms. The summed E-state index contributed by atoms with van der Waals surface area (Å²) < 4.78 is 0. The lowest BCUT2D eigenvalue weighted by atomic mass is 10.3. The first kappa shape index (κ1) is 9.74. The molecule has 1 rings (SSSR count). The molecule has 0 atom stereocenters. The first-order valence-corrected chi connectivity index (χ1v) is 4.16. The van der Waals surface area contributed by atoms with Crippen molar-refractivity contribution in [3.05, 3.63) is 30.3 Å². The van der Waals surface area contributed by atoms with Crippen LogP contribution >= 0.6 is 0 Å². The second kappa shape index (κ2) is 4.05. The maximum atomic E-state index is 11.3. The monoisotopic (exact) mass is 178 g/mol. The van der Waals surface area contributed by atoms with Crippen LogP contribution in [0.15, 0.2) is 30.3 Å². The SMILES string of the molecule is CC(=O)N(c1ccccc1)N(C)C. The number of carbonyl (C=O) groups excluding carboxylic acids is 1. The number of hydrazine groups is 1. The van der Waals surface area contributed by atoms with Crippen LogP contribution in [-0.4, -0.2) is 25.0 Å². The Kier molecular flexibility index (Phi) is 3.03. The van der Waals surface area contributed by atoms with Gasteiger partial charge in [-0.05, 0) is 12.1 Å². The minimum absolute atomic E-state index is 0.0104. The van der Waals surface area contributed by atoms with Gasteiger partial charge in [-0.2, -0.15) is 0 Å². The quantitative estimate of drug-likeness (QED) is 0.641. The Hall–Kier alpha value is -1.35. The summed E-state index contributed by atoms with van der Waals surface area (Å²) in [6.45, 7) is 1.55. The molecule has 0 aliphatic rings. The summed E-state index contributed by atoms with van der Waals surface area (Å²) in [6.07, 6.45) is 0. The zero-order chi connectivity index (χ0) is 9.84. The summed E-state index contributed by atoms with van der Waals surface area (Å²) in [5, 5.41) is 3.37. The molecular weight excluding hydrogens is 164 g/mol. The normalized spacial score (nSPS) is 10.2. The second-order valence-corrected chi connectivity index (χ2v) is 3.01. The predicted molar refractivity (Wildman–Crippen MR) is 53.3 cm³/mol. The molecule has 0 bridgehead atoms. The molecule has 0 N–H and O–H groups in total. The molecule has 1 amide bonds. The molecule has 0 heterocycles. The number of para-hydroxylation sites is 1. The van der Waals surface area contributed by atoms with E-state index >= 15 is 0 Å². The van der Waals surface area contributed by atoms with Crippen molar-refractivity contribution < 1.29 is 4.79 Å². The van der Waals surface area contributed by atoms with Gasteiger partial charge in [-0.3, -0.25) is 4.79 Å². The van der Waals surface area contributed by atoms with Crippen LogP contribution in [0.5, 0.6) is 0 Å². The van der Waals surface area contributed by atoms with Gasteiger partial charge < -0.3 is 0 Å². The minimum atomic E-state index is 0.0104.